The Balaban J connectivity index is 0.000000162. The van der Waals surface area contributed by atoms with Gasteiger partial charge < -0.3 is 15.2 Å². The summed E-state index contributed by atoms with van der Waals surface area (Å²) in [5, 5.41) is 13.4. The van der Waals surface area contributed by atoms with Gasteiger partial charge in [0.2, 0.25) is 5.01 Å². The van der Waals surface area contributed by atoms with E-state index in [1.165, 1.54) is 0 Å². The molecule has 1 aliphatic rings. The summed E-state index contributed by atoms with van der Waals surface area (Å²) in [6.07, 6.45) is 0. The van der Waals surface area contributed by atoms with E-state index >= 15 is 0 Å². The number of nitrogens with one attached hydrogen (secondary N) is 1. The number of morpholine rings is 1. The normalized spacial score (nSPS) is 15.3. The molecule has 6 heteroatoms. The van der Waals surface area contributed by atoms with Crippen LogP contribution in [0.3, 0.4) is 0 Å². The van der Waals surface area contributed by atoms with Gasteiger partial charge in [0.15, 0.2) is 0 Å². The third-order valence-corrected chi connectivity index (χ3v) is 2.60. The van der Waals surface area contributed by atoms with Gasteiger partial charge >= 0.3 is 5.97 Å². The molecule has 5 nitrogen and oxygen atoms in total. The summed E-state index contributed by atoms with van der Waals surface area (Å²) < 4.78 is 5.01. The van der Waals surface area contributed by atoms with Crippen molar-refractivity contribution in [1.82, 2.24) is 10.3 Å². The highest BCUT2D eigenvalue weighted by Crippen LogP contribution is 2.07. The van der Waals surface area contributed by atoms with Crippen molar-refractivity contribution in [3.63, 3.8) is 0 Å². The van der Waals surface area contributed by atoms with Crippen molar-refractivity contribution >= 4 is 17.3 Å². The van der Waals surface area contributed by atoms with Crippen LogP contribution in [0.25, 0.3) is 0 Å². The number of carbonyl (C=O) groups is 1. The van der Waals surface area contributed by atoms with Crippen LogP contribution >= 0.6 is 11.3 Å². The molecule has 0 unspecified atom stereocenters. The number of carboxylic acid groups (broad SMARTS) is 1. The Morgan fingerprint density at radius 2 is 2.27 bits per heavy atom. The molecule has 2 N–H and O–H groups in total. The maximum Gasteiger partial charge on any atom is 0.365 e. The lowest BCUT2D eigenvalue weighted by atomic mass is 10.5. The van der Waals surface area contributed by atoms with Crippen molar-refractivity contribution in [2.75, 3.05) is 26.3 Å². The molecule has 1 aromatic heterocycles. The van der Waals surface area contributed by atoms with Crippen LogP contribution < -0.4 is 5.32 Å². The topological polar surface area (TPSA) is 71.5 Å². The summed E-state index contributed by atoms with van der Waals surface area (Å²) in [4.78, 5) is 13.9. The van der Waals surface area contributed by atoms with Gasteiger partial charge in [0.05, 0.1) is 13.2 Å². The molecule has 15 heavy (non-hydrogen) atoms. The third kappa shape index (κ3) is 4.87. The average Bonchev–Trinajstić information content (AvgIpc) is 2.69. The number of aryl methyl sites for hydroxylation is 1. The van der Waals surface area contributed by atoms with Crippen LogP contribution in [0.1, 0.15) is 15.5 Å². The first-order valence-corrected chi connectivity index (χ1v) is 5.52. The van der Waals surface area contributed by atoms with Gasteiger partial charge in [-0.2, -0.15) is 0 Å². The van der Waals surface area contributed by atoms with Crippen LogP contribution in [0.2, 0.25) is 0 Å². The molecule has 0 spiro atoms. The number of hydrogen-bond donors (Lipinski definition) is 2. The summed E-state index contributed by atoms with van der Waals surface area (Å²) in [6, 6.07) is 0. The lowest BCUT2D eigenvalue weighted by Gasteiger charge is -2.10. The van der Waals surface area contributed by atoms with E-state index in [1.807, 2.05) is 0 Å². The van der Waals surface area contributed by atoms with Crippen molar-refractivity contribution in [1.29, 1.82) is 0 Å². The van der Waals surface area contributed by atoms with E-state index in [1.54, 1.807) is 12.3 Å². The molecule has 1 fully saturated rings. The minimum Gasteiger partial charge on any atom is -0.476 e. The summed E-state index contributed by atoms with van der Waals surface area (Å²) in [6.45, 7) is 5.60. The largest absolute Gasteiger partial charge is 0.476 e. The smallest absolute Gasteiger partial charge is 0.365 e. The first-order chi connectivity index (χ1) is 7.20. The molecule has 1 aliphatic heterocycles. The van der Waals surface area contributed by atoms with Crippen LogP contribution in [-0.4, -0.2) is 42.4 Å². The average molecular weight is 230 g/mol. The van der Waals surface area contributed by atoms with Crippen LogP contribution in [0.5, 0.6) is 0 Å². The summed E-state index contributed by atoms with van der Waals surface area (Å²) in [5.41, 5.74) is 0.761. The van der Waals surface area contributed by atoms with E-state index in [4.69, 9.17) is 9.84 Å². The molecule has 2 heterocycles. The van der Waals surface area contributed by atoms with Gasteiger partial charge in [-0.1, -0.05) is 0 Å². The lowest BCUT2D eigenvalue weighted by molar-refractivity contribution is 0.0696. The fourth-order valence-electron chi connectivity index (χ4n) is 0.968. The van der Waals surface area contributed by atoms with Gasteiger partial charge in [-0.3, -0.25) is 0 Å². The molecule has 0 atom stereocenters. The predicted molar refractivity (Wildman–Crippen MR) is 57.5 cm³/mol. The quantitative estimate of drug-likeness (QED) is 0.745. The molecule has 84 valence electrons. The van der Waals surface area contributed by atoms with E-state index in [9.17, 15) is 4.79 Å². The number of aromatic carboxylic acids is 1. The number of aromatic nitrogens is 1. The maximum atomic E-state index is 10.2. The number of nitrogens with zero attached hydrogens (tertiary/aromatic N) is 1. The van der Waals surface area contributed by atoms with Crippen molar-refractivity contribution in [3.8, 4) is 0 Å². The van der Waals surface area contributed by atoms with Crippen molar-refractivity contribution in [2.45, 2.75) is 6.92 Å². The molecular formula is C9H14N2O3S. The second kappa shape index (κ2) is 6.49. The number of thiazole rings is 1. The first kappa shape index (κ1) is 12.1. The van der Waals surface area contributed by atoms with Gasteiger partial charge in [0.1, 0.15) is 0 Å². The Morgan fingerprint density at radius 3 is 2.47 bits per heavy atom. The van der Waals surface area contributed by atoms with Gasteiger partial charge in [-0.15, -0.1) is 11.3 Å². The molecule has 2 rings (SSSR count). The second-order valence-corrected chi connectivity index (χ2v) is 3.82. The molecular weight excluding hydrogens is 216 g/mol. The van der Waals surface area contributed by atoms with E-state index in [0.29, 0.717) is 0 Å². The number of rotatable bonds is 1. The second-order valence-electron chi connectivity index (χ2n) is 2.96. The van der Waals surface area contributed by atoms with Gasteiger partial charge in [0.25, 0.3) is 0 Å². The fraction of sp³-hybridized carbons (Fsp3) is 0.556. The summed E-state index contributed by atoms with van der Waals surface area (Å²) >= 11 is 1.15. The van der Waals surface area contributed by atoms with Gasteiger partial charge in [0, 0.05) is 24.2 Å². The van der Waals surface area contributed by atoms with Crippen LogP contribution in [0, 0.1) is 6.92 Å². The highest BCUT2D eigenvalue weighted by Gasteiger charge is 2.04. The third-order valence-electron chi connectivity index (χ3n) is 1.65. The minimum atomic E-state index is -0.951. The molecule has 0 saturated carbocycles. The number of ether oxygens (including phenoxy) is 1. The first-order valence-electron chi connectivity index (χ1n) is 4.64. The molecule has 0 radical (unpaired) electrons. The Morgan fingerprint density at radius 1 is 1.60 bits per heavy atom. The summed E-state index contributed by atoms with van der Waals surface area (Å²) in [7, 11) is 0. The van der Waals surface area contributed by atoms with Crippen LogP contribution in [-0.2, 0) is 4.74 Å². The maximum absolute atomic E-state index is 10.2. The zero-order chi connectivity index (χ0) is 11.1. The fourth-order valence-corrected chi connectivity index (χ4v) is 1.60. The SMILES string of the molecule is C1COCCN1.Cc1csc(C(=O)O)n1. The minimum absolute atomic E-state index is 0.160. The number of carboxylic acids is 1. The van der Waals surface area contributed by atoms with E-state index in [2.05, 4.69) is 10.3 Å². The van der Waals surface area contributed by atoms with Gasteiger partial charge in [-0.05, 0) is 6.92 Å². The molecule has 1 aromatic rings. The predicted octanol–water partition coefficient (Wildman–Crippen LogP) is 0.756. The Bertz CT molecular complexity index is 299. The molecule has 0 aliphatic carbocycles. The Kier molecular flexibility index (Phi) is 5.23. The van der Waals surface area contributed by atoms with Crippen molar-refractivity contribution in [3.05, 3.63) is 16.1 Å². The summed E-state index contributed by atoms with van der Waals surface area (Å²) in [5.74, 6) is -0.951. The van der Waals surface area contributed by atoms with E-state index < -0.39 is 5.97 Å². The van der Waals surface area contributed by atoms with E-state index in [-0.39, 0.29) is 5.01 Å². The monoisotopic (exact) mass is 230 g/mol. The molecule has 1 saturated heterocycles. The zero-order valence-electron chi connectivity index (χ0n) is 8.52. The van der Waals surface area contributed by atoms with Crippen LogP contribution in [0.15, 0.2) is 5.38 Å². The zero-order valence-corrected chi connectivity index (χ0v) is 9.34. The van der Waals surface area contributed by atoms with Crippen molar-refractivity contribution in [2.24, 2.45) is 0 Å². The molecule has 0 bridgehead atoms. The highest BCUT2D eigenvalue weighted by atomic mass is 32.1. The number of hydrogen-bond acceptors (Lipinski definition) is 5. The Hall–Kier alpha value is -0.980. The molecule has 0 amide bonds. The molecule has 0 aromatic carbocycles. The standard InChI is InChI=1S/C5H5NO2S.C4H9NO/c1-3-2-9-4(6-3)5(7)8;1-3-6-4-2-5-1/h2H,1H3,(H,7,8);5H,1-4H2. The Labute approximate surface area is 92.1 Å². The van der Waals surface area contributed by atoms with Crippen molar-refractivity contribution < 1.29 is 14.6 Å². The highest BCUT2D eigenvalue weighted by molar-refractivity contribution is 7.11. The lowest BCUT2D eigenvalue weighted by Crippen LogP contribution is -2.30. The van der Waals surface area contributed by atoms with E-state index in [0.717, 1.165) is 43.3 Å². The van der Waals surface area contributed by atoms with Gasteiger partial charge in [-0.25, -0.2) is 9.78 Å². The van der Waals surface area contributed by atoms with Crippen LogP contribution in [0.4, 0.5) is 0 Å².